The molecule has 2 amide bonds. The van der Waals surface area contributed by atoms with Gasteiger partial charge in [0.2, 0.25) is 0 Å². The van der Waals surface area contributed by atoms with Crippen LogP contribution in [0, 0.1) is 0 Å². The van der Waals surface area contributed by atoms with E-state index in [1.807, 2.05) is 44.3 Å². The van der Waals surface area contributed by atoms with E-state index < -0.39 is 0 Å². The Balaban J connectivity index is 1.69. The first-order valence-corrected chi connectivity index (χ1v) is 6.98. The van der Waals surface area contributed by atoms with Crippen LogP contribution >= 0.6 is 0 Å². The molecule has 1 aromatic heterocycles. The fraction of sp³-hybridized carbons (Fsp3) is 0.333. The van der Waals surface area contributed by atoms with E-state index in [9.17, 15) is 4.79 Å². The molecule has 0 unspecified atom stereocenters. The zero-order valence-electron chi connectivity index (χ0n) is 12.2. The third kappa shape index (κ3) is 2.75. The average Bonchev–Trinajstić information content (AvgIpc) is 2.86. The number of aromatic nitrogens is 2. The highest BCUT2D eigenvalue weighted by Crippen LogP contribution is 2.20. The van der Waals surface area contributed by atoms with Gasteiger partial charge in [-0.3, -0.25) is 14.8 Å². The molecule has 0 bridgehead atoms. The number of benzene rings is 1. The Kier molecular flexibility index (Phi) is 3.62. The van der Waals surface area contributed by atoms with Crippen LogP contribution in [0.5, 0.6) is 0 Å². The number of fused-ring (bicyclic) bond motifs is 1. The molecule has 0 saturated heterocycles. The molecule has 1 aliphatic rings. The molecule has 0 spiro atoms. The smallest absolute Gasteiger partial charge is 0.289 e. The number of carbonyl (C=O) groups is 1. The topological polar surface area (TPSA) is 59.4 Å². The zero-order valence-corrected chi connectivity index (χ0v) is 12.2. The van der Waals surface area contributed by atoms with Crippen LogP contribution < -0.4 is 5.32 Å². The van der Waals surface area contributed by atoms with Gasteiger partial charge in [-0.2, -0.15) is 10.2 Å². The van der Waals surface area contributed by atoms with Crippen molar-refractivity contribution in [2.24, 2.45) is 7.05 Å². The minimum Gasteiger partial charge on any atom is -0.289 e. The van der Waals surface area contributed by atoms with E-state index in [1.54, 1.807) is 4.68 Å². The maximum absolute atomic E-state index is 12.2. The van der Waals surface area contributed by atoms with Crippen molar-refractivity contribution in [3.63, 3.8) is 0 Å². The molecule has 6 nitrogen and oxygen atoms in total. The van der Waals surface area contributed by atoms with Gasteiger partial charge in [0.15, 0.2) is 5.82 Å². The molecule has 21 heavy (non-hydrogen) atoms. The van der Waals surface area contributed by atoms with E-state index in [0.717, 1.165) is 23.2 Å². The second kappa shape index (κ2) is 5.57. The van der Waals surface area contributed by atoms with Crippen LogP contribution in [0.2, 0.25) is 0 Å². The largest absolute Gasteiger partial charge is 0.347 e. The molecule has 110 valence electrons. The number of nitrogens with one attached hydrogen (secondary N) is 1. The van der Waals surface area contributed by atoms with Gasteiger partial charge in [-0.15, -0.1) is 0 Å². The monoisotopic (exact) mass is 286 g/mol. The van der Waals surface area contributed by atoms with E-state index in [1.165, 1.54) is 5.06 Å². The van der Waals surface area contributed by atoms with Gasteiger partial charge < -0.3 is 0 Å². The number of hydrogen-bond acceptors (Lipinski definition) is 3. The Hall–Kier alpha value is -2.34. The van der Waals surface area contributed by atoms with Crippen LogP contribution in [0.1, 0.15) is 23.7 Å². The first kappa shape index (κ1) is 13.6. The second-order valence-corrected chi connectivity index (χ2v) is 5.01. The van der Waals surface area contributed by atoms with Crippen molar-refractivity contribution >= 4 is 11.8 Å². The number of nitrogens with zero attached hydrogens (tertiary/aromatic N) is 3. The van der Waals surface area contributed by atoms with E-state index in [0.29, 0.717) is 19.0 Å². The van der Waals surface area contributed by atoms with Gasteiger partial charge in [0.25, 0.3) is 0 Å². The van der Waals surface area contributed by atoms with E-state index in [-0.39, 0.29) is 6.03 Å². The molecule has 6 heteroatoms. The molecule has 0 radical (unpaired) electrons. The summed E-state index contributed by atoms with van der Waals surface area (Å²) < 4.78 is 1.77. The van der Waals surface area contributed by atoms with Crippen LogP contribution in [-0.4, -0.2) is 20.9 Å². The molecule has 0 fully saturated rings. The third-order valence-electron chi connectivity index (χ3n) is 3.61. The predicted molar refractivity (Wildman–Crippen MR) is 78.4 cm³/mol. The molecular weight excluding hydrogens is 268 g/mol. The number of hydroxylamine groups is 2. The Morgan fingerprint density at radius 2 is 2.14 bits per heavy atom. The zero-order chi connectivity index (χ0) is 14.8. The Morgan fingerprint density at radius 1 is 1.38 bits per heavy atom. The van der Waals surface area contributed by atoms with Crippen LogP contribution in [0.3, 0.4) is 0 Å². The lowest BCUT2D eigenvalue weighted by molar-refractivity contribution is -0.141. The molecular formula is C15H18N4O2. The summed E-state index contributed by atoms with van der Waals surface area (Å²) in [7, 11) is 1.86. The van der Waals surface area contributed by atoms with Crippen LogP contribution in [0.4, 0.5) is 10.6 Å². The molecule has 1 N–H and O–H groups in total. The molecule has 2 aromatic rings. The number of hydrogen-bond donors (Lipinski definition) is 1. The molecule has 2 heterocycles. The highest BCUT2D eigenvalue weighted by molar-refractivity contribution is 5.87. The number of amides is 2. The van der Waals surface area contributed by atoms with Crippen molar-refractivity contribution in [1.82, 2.24) is 14.8 Å². The van der Waals surface area contributed by atoms with Crippen molar-refractivity contribution in [3.8, 4) is 0 Å². The minimum absolute atomic E-state index is 0.301. The summed E-state index contributed by atoms with van der Waals surface area (Å²) in [6, 6.07) is 9.52. The summed E-state index contributed by atoms with van der Waals surface area (Å²) in [6.07, 6.45) is 0.868. The van der Waals surface area contributed by atoms with E-state index >= 15 is 0 Å². The van der Waals surface area contributed by atoms with Gasteiger partial charge >= 0.3 is 6.03 Å². The molecule has 0 aliphatic carbocycles. The maximum Gasteiger partial charge on any atom is 0.347 e. The van der Waals surface area contributed by atoms with Crippen molar-refractivity contribution in [1.29, 1.82) is 0 Å². The van der Waals surface area contributed by atoms with E-state index in [4.69, 9.17) is 4.84 Å². The highest BCUT2D eigenvalue weighted by Gasteiger charge is 2.22. The molecule has 0 saturated carbocycles. The maximum atomic E-state index is 12.2. The van der Waals surface area contributed by atoms with Gasteiger partial charge in [-0.25, -0.2) is 4.79 Å². The van der Waals surface area contributed by atoms with Crippen LogP contribution in [0.15, 0.2) is 30.3 Å². The summed E-state index contributed by atoms with van der Waals surface area (Å²) in [5.41, 5.74) is 3.29. The third-order valence-corrected chi connectivity index (χ3v) is 3.61. The molecule has 0 atom stereocenters. The molecule has 1 aromatic carbocycles. The van der Waals surface area contributed by atoms with Crippen molar-refractivity contribution in [2.75, 3.05) is 5.32 Å². The summed E-state index contributed by atoms with van der Waals surface area (Å²) in [5, 5.41) is 8.37. The van der Waals surface area contributed by atoms with Gasteiger partial charge in [-0.05, 0) is 17.5 Å². The minimum atomic E-state index is -0.301. The fourth-order valence-corrected chi connectivity index (χ4v) is 2.40. The number of carbonyl (C=O) groups excluding carboxylic acids is 1. The number of aryl methyl sites for hydroxylation is 2. The van der Waals surface area contributed by atoms with Crippen molar-refractivity contribution in [3.05, 3.63) is 47.2 Å². The van der Waals surface area contributed by atoms with E-state index in [2.05, 4.69) is 10.4 Å². The van der Waals surface area contributed by atoms with Crippen LogP contribution in [-0.2, 0) is 31.5 Å². The molecule has 3 rings (SSSR count). The predicted octanol–water partition coefficient (Wildman–Crippen LogP) is 2.46. The lowest BCUT2D eigenvalue weighted by atomic mass is 10.1. The molecule has 1 aliphatic heterocycles. The van der Waals surface area contributed by atoms with Gasteiger partial charge in [0, 0.05) is 18.8 Å². The standard InChI is InChI=1S/C15H18N4O2/c1-3-13-8-14(17-18(13)2)16-15(20)19-9-11-6-4-5-7-12(11)10-21-19/h4-8H,3,9-10H2,1-2H3,(H,16,17,20). The van der Waals surface area contributed by atoms with Gasteiger partial charge in [0.1, 0.15) is 6.61 Å². The quantitative estimate of drug-likeness (QED) is 0.922. The summed E-state index contributed by atoms with van der Waals surface area (Å²) in [4.78, 5) is 17.7. The normalized spacial score (nSPS) is 13.9. The summed E-state index contributed by atoms with van der Waals surface area (Å²) in [6.45, 7) is 2.90. The lowest BCUT2D eigenvalue weighted by Crippen LogP contribution is -2.37. The lowest BCUT2D eigenvalue weighted by Gasteiger charge is -2.27. The van der Waals surface area contributed by atoms with Crippen LogP contribution in [0.25, 0.3) is 0 Å². The Bertz CT molecular complexity index is 665. The first-order valence-electron chi connectivity index (χ1n) is 6.98. The summed E-state index contributed by atoms with van der Waals surface area (Å²) >= 11 is 0. The Labute approximate surface area is 123 Å². The van der Waals surface area contributed by atoms with Crippen molar-refractivity contribution < 1.29 is 9.63 Å². The first-order chi connectivity index (χ1) is 10.2. The SMILES string of the molecule is CCc1cc(NC(=O)N2Cc3ccccc3CO2)nn1C. The average molecular weight is 286 g/mol. The van der Waals surface area contributed by atoms with Crippen molar-refractivity contribution in [2.45, 2.75) is 26.5 Å². The number of urea groups is 1. The fourth-order valence-electron chi connectivity index (χ4n) is 2.40. The highest BCUT2D eigenvalue weighted by atomic mass is 16.7. The van der Waals surface area contributed by atoms with Gasteiger partial charge in [0.05, 0.1) is 6.54 Å². The second-order valence-electron chi connectivity index (χ2n) is 5.01. The van der Waals surface area contributed by atoms with Gasteiger partial charge in [-0.1, -0.05) is 31.2 Å². The number of rotatable bonds is 2. The summed E-state index contributed by atoms with van der Waals surface area (Å²) in [5.74, 6) is 0.543. The number of anilines is 1. The Morgan fingerprint density at radius 3 is 2.86 bits per heavy atom.